The molecule has 0 radical (unpaired) electrons. The summed E-state index contributed by atoms with van der Waals surface area (Å²) >= 11 is 0. The zero-order chi connectivity index (χ0) is 19.4. The Bertz CT molecular complexity index is 696. The molecule has 2 aliphatic rings. The predicted molar refractivity (Wildman–Crippen MR) is 101 cm³/mol. The highest BCUT2D eigenvalue weighted by atomic mass is 16.3. The number of piperidine rings is 1. The second-order valence-electron chi connectivity index (χ2n) is 7.14. The Morgan fingerprint density at radius 2 is 1.81 bits per heavy atom. The van der Waals surface area contributed by atoms with E-state index in [0.717, 1.165) is 49.4 Å². The van der Waals surface area contributed by atoms with Crippen LogP contribution in [-0.2, 0) is 0 Å². The first-order valence-electron chi connectivity index (χ1n) is 9.61. The number of imide groups is 1. The normalized spacial score (nSPS) is 25.0. The maximum absolute atomic E-state index is 12.8. The van der Waals surface area contributed by atoms with Crippen LogP contribution < -0.4 is 16.4 Å². The number of benzene rings is 1. The molecule has 1 aromatic rings. The van der Waals surface area contributed by atoms with Gasteiger partial charge in [0.25, 0.3) is 11.8 Å². The molecule has 0 aromatic heterocycles. The van der Waals surface area contributed by atoms with Gasteiger partial charge in [-0.25, -0.2) is 0 Å². The SMILES string of the molecule is NCCCCCCNc1ccc2c(c1)C(=O)N(C1CCC(O)NC1O)C2=O. The topological polar surface area (TPSA) is 128 Å². The van der Waals surface area contributed by atoms with E-state index in [1.807, 2.05) is 0 Å². The number of fused-ring (bicyclic) bond motifs is 1. The quantitative estimate of drug-likeness (QED) is 0.332. The number of carbonyl (C=O) groups is 2. The lowest BCUT2D eigenvalue weighted by Crippen LogP contribution is -2.58. The lowest BCUT2D eigenvalue weighted by molar-refractivity contribution is -0.0413. The van der Waals surface area contributed by atoms with E-state index in [4.69, 9.17) is 5.73 Å². The van der Waals surface area contributed by atoms with E-state index >= 15 is 0 Å². The van der Waals surface area contributed by atoms with Crippen molar-refractivity contribution in [2.45, 2.75) is 57.0 Å². The molecular formula is C19H28N4O4. The molecule has 6 N–H and O–H groups in total. The minimum absolute atomic E-state index is 0.353. The summed E-state index contributed by atoms with van der Waals surface area (Å²) in [4.78, 5) is 26.6. The summed E-state index contributed by atoms with van der Waals surface area (Å²) < 4.78 is 0. The number of nitrogens with zero attached hydrogens (tertiary/aromatic N) is 1. The van der Waals surface area contributed by atoms with Crippen molar-refractivity contribution in [1.82, 2.24) is 10.2 Å². The lowest BCUT2D eigenvalue weighted by atomic mass is 10.0. The summed E-state index contributed by atoms with van der Waals surface area (Å²) in [6, 6.07) is 4.48. The highest BCUT2D eigenvalue weighted by Crippen LogP contribution is 2.30. The van der Waals surface area contributed by atoms with Crippen molar-refractivity contribution in [3.05, 3.63) is 29.3 Å². The minimum Gasteiger partial charge on any atom is -0.385 e. The fraction of sp³-hybridized carbons (Fsp3) is 0.579. The molecule has 0 spiro atoms. The van der Waals surface area contributed by atoms with E-state index in [1.165, 1.54) is 0 Å². The molecule has 2 aliphatic heterocycles. The third-order valence-electron chi connectivity index (χ3n) is 5.17. The van der Waals surface area contributed by atoms with Crippen molar-refractivity contribution in [1.29, 1.82) is 0 Å². The Morgan fingerprint density at radius 3 is 2.56 bits per heavy atom. The van der Waals surface area contributed by atoms with E-state index in [2.05, 4.69) is 10.6 Å². The largest absolute Gasteiger partial charge is 0.385 e. The van der Waals surface area contributed by atoms with Gasteiger partial charge < -0.3 is 21.3 Å². The summed E-state index contributed by atoms with van der Waals surface area (Å²) in [6.45, 7) is 1.51. The zero-order valence-corrected chi connectivity index (χ0v) is 15.4. The average Bonchev–Trinajstić information content (AvgIpc) is 2.89. The minimum atomic E-state index is -1.14. The summed E-state index contributed by atoms with van der Waals surface area (Å²) in [5.41, 5.74) is 6.99. The van der Waals surface area contributed by atoms with E-state index < -0.39 is 30.3 Å². The molecule has 2 heterocycles. The molecule has 0 saturated carbocycles. The first-order valence-corrected chi connectivity index (χ1v) is 9.61. The maximum Gasteiger partial charge on any atom is 0.262 e. The number of anilines is 1. The van der Waals surface area contributed by atoms with Crippen LogP contribution in [0.2, 0.25) is 0 Å². The van der Waals surface area contributed by atoms with E-state index in [1.54, 1.807) is 18.2 Å². The van der Waals surface area contributed by atoms with E-state index in [-0.39, 0.29) is 0 Å². The Hall–Kier alpha value is -2.00. The van der Waals surface area contributed by atoms with E-state index in [0.29, 0.717) is 24.0 Å². The number of rotatable bonds is 8. The molecule has 3 unspecified atom stereocenters. The van der Waals surface area contributed by atoms with Gasteiger partial charge in [0, 0.05) is 12.2 Å². The smallest absolute Gasteiger partial charge is 0.262 e. The number of nitrogens with two attached hydrogens (primary N) is 1. The standard InChI is InChI=1S/C19H28N4O4/c20-9-3-1-2-4-10-21-12-5-6-13-14(11-12)19(27)23(18(13)26)15-7-8-16(24)22-17(15)25/h5-6,11,15-17,21-22,24-25H,1-4,7-10,20H2. The number of hydrogen-bond acceptors (Lipinski definition) is 7. The van der Waals surface area contributed by atoms with Crippen LogP contribution in [0.4, 0.5) is 5.69 Å². The second-order valence-corrected chi connectivity index (χ2v) is 7.14. The molecule has 3 atom stereocenters. The molecule has 2 amide bonds. The van der Waals surface area contributed by atoms with Crippen LogP contribution in [0.15, 0.2) is 18.2 Å². The molecule has 1 saturated heterocycles. The highest BCUT2D eigenvalue weighted by molar-refractivity contribution is 6.22. The summed E-state index contributed by atoms with van der Waals surface area (Å²) in [6.07, 6.45) is 3.01. The number of carbonyl (C=O) groups excluding carboxylic acids is 2. The van der Waals surface area contributed by atoms with Crippen LogP contribution in [0.25, 0.3) is 0 Å². The van der Waals surface area contributed by atoms with Crippen molar-refractivity contribution in [2.24, 2.45) is 5.73 Å². The highest BCUT2D eigenvalue weighted by Gasteiger charge is 2.44. The van der Waals surface area contributed by atoms with Gasteiger partial charge in [-0.15, -0.1) is 0 Å². The van der Waals surface area contributed by atoms with Gasteiger partial charge in [-0.05, 0) is 50.4 Å². The van der Waals surface area contributed by atoms with Gasteiger partial charge >= 0.3 is 0 Å². The second kappa shape index (κ2) is 8.79. The van der Waals surface area contributed by atoms with E-state index in [9.17, 15) is 19.8 Å². The molecule has 1 fully saturated rings. The van der Waals surface area contributed by atoms with Crippen molar-refractivity contribution in [3.8, 4) is 0 Å². The molecule has 3 rings (SSSR count). The number of amides is 2. The summed E-state index contributed by atoms with van der Waals surface area (Å²) in [5, 5.41) is 25.6. The van der Waals surface area contributed by atoms with Gasteiger partial charge in [0.1, 0.15) is 12.5 Å². The van der Waals surface area contributed by atoms with Crippen molar-refractivity contribution in [3.63, 3.8) is 0 Å². The summed E-state index contributed by atoms with van der Waals surface area (Å²) in [7, 11) is 0. The third kappa shape index (κ3) is 4.30. The van der Waals surface area contributed by atoms with Gasteiger partial charge in [-0.3, -0.25) is 19.8 Å². The fourth-order valence-corrected chi connectivity index (χ4v) is 3.67. The first-order chi connectivity index (χ1) is 13.0. The Kier molecular flexibility index (Phi) is 6.43. The van der Waals surface area contributed by atoms with Crippen molar-refractivity contribution < 1.29 is 19.8 Å². The monoisotopic (exact) mass is 376 g/mol. The van der Waals surface area contributed by atoms with Crippen LogP contribution in [0, 0.1) is 0 Å². The Balaban J connectivity index is 1.64. The molecule has 1 aromatic carbocycles. The molecule has 0 bridgehead atoms. The van der Waals surface area contributed by atoms with Crippen molar-refractivity contribution in [2.75, 3.05) is 18.4 Å². The molecule has 27 heavy (non-hydrogen) atoms. The zero-order valence-electron chi connectivity index (χ0n) is 15.4. The number of aliphatic hydroxyl groups excluding tert-OH is 2. The van der Waals surface area contributed by atoms with Crippen LogP contribution in [0.1, 0.15) is 59.2 Å². The first kappa shape index (κ1) is 19.8. The van der Waals surface area contributed by atoms with Gasteiger partial charge in [0.2, 0.25) is 0 Å². The number of hydrogen-bond donors (Lipinski definition) is 5. The van der Waals surface area contributed by atoms with Gasteiger partial charge in [0.05, 0.1) is 17.2 Å². The maximum atomic E-state index is 12.8. The molecule has 0 aliphatic carbocycles. The predicted octanol–water partition coefficient (Wildman–Crippen LogP) is 0.602. The van der Waals surface area contributed by atoms with Crippen LogP contribution in [-0.4, -0.2) is 58.5 Å². The third-order valence-corrected chi connectivity index (χ3v) is 5.17. The average molecular weight is 376 g/mol. The van der Waals surface area contributed by atoms with Gasteiger partial charge in [-0.2, -0.15) is 0 Å². The van der Waals surface area contributed by atoms with Gasteiger partial charge in [-0.1, -0.05) is 12.8 Å². The molecule has 8 heteroatoms. The Morgan fingerprint density at radius 1 is 1.07 bits per heavy atom. The lowest BCUT2D eigenvalue weighted by Gasteiger charge is -2.36. The number of aliphatic hydroxyl groups is 2. The number of unbranched alkanes of at least 4 members (excludes halogenated alkanes) is 3. The number of nitrogens with one attached hydrogen (secondary N) is 2. The van der Waals surface area contributed by atoms with Crippen LogP contribution in [0.3, 0.4) is 0 Å². The fourth-order valence-electron chi connectivity index (χ4n) is 3.67. The van der Waals surface area contributed by atoms with Crippen LogP contribution in [0.5, 0.6) is 0 Å². The Labute approximate surface area is 158 Å². The van der Waals surface area contributed by atoms with Crippen molar-refractivity contribution >= 4 is 17.5 Å². The van der Waals surface area contributed by atoms with Crippen LogP contribution >= 0.6 is 0 Å². The summed E-state index contributed by atoms with van der Waals surface area (Å²) in [5.74, 6) is -0.797. The molecule has 148 valence electrons. The molecular weight excluding hydrogens is 348 g/mol. The molecule has 8 nitrogen and oxygen atoms in total. The van der Waals surface area contributed by atoms with Gasteiger partial charge in [0.15, 0.2) is 0 Å².